The average molecular weight is 514 g/mol. The quantitative estimate of drug-likeness (QED) is 0.269. The van der Waals surface area contributed by atoms with Crippen molar-refractivity contribution in [2.24, 2.45) is 0 Å². The Morgan fingerprint density at radius 3 is 1.50 bits per heavy atom. The topological polar surface area (TPSA) is 89.5 Å². The van der Waals surface area contributed by atoms with Gasteiger partial charge in [-0.1, -0.05) is 30.3 Å². The Labute approximate surface area is 223 Å². The lowest BCUT2D eigenvalue weighted by molar-refractivity contribution is 0.0624. The first-order chi connectivity index (χ1) is 17.7. The molecule has 2 amide bonds. The number of rotatable bonds is 3. The number of pyridine rings is 1. The molecule has 0 unspecified atom stereocenters. The number of aromatic nitrogens is 1. The molecule has 1 aromatic heterocycles. The van der Waals surface area contributed by atoms with E-state index in [1.54, 1.807) is 0 Å². The zero-order chi connectivity index (χ0) is 27.8. The predicted octanol–water partition coefficient (Wildman–Crippen LogP) is 8.37. The number of aryl methyl sites for hydroxylation is 2. The molecule has 0 atom stereocenters. The lowest BCUT2D eigenvalue weighted by Gasteiger charge is -2.21. The van der Waals surface area contributed by atoms with Crippen LogP contribution in [0.3, 0.4) is 0 Å². The van der Waals surface area contributed by atoms with Gasteiger partial charge in [0.25, 0.3) is 0 Å². The first-order valence-electron chi connectivity index (χ1n) is 12.6. The Bertz CT molecular complexity index is 1440. The van der Waals surface area contributed by atoms with Gasteiger partial charge in [0.1, 0.15) is 11.2 Å². The molecule has 0 radical (unpaired) electrons. The SMILES string of the molecule is Cc1cc2nc3cc(C)c(NC(=O)OC(C)(C)C)cc3c(-c3ccccc3)c2cc1NC(=O)OC(C)(C)C. The highest BCUT2D eigenvalue weighted by Gasteiger charge is 2.20. The molecule has 198 valence electrons. The van der Waals surface area contributed by atoms with Gasteiger partial charge in [-0.2, -0.15) is 0 Å². The maximum absolute atomic E-state index is 12.6. The van der Waals surface area contributed by atoms with Crippen molar-refractivity contribution in [3.05, 3.63) is 65.7 Å². The number of fused-ring (bicyclic) bond motifs is 2. The van der Waals surface area contributed by atoms with Crippen molar-refractivity contribution < 1.29 is 19.1 Å². The van der Waals surface area contributed by atoms with E-state index < -0.39 is 23.4 Å². The molecule has 0 saturated carbocycles. The van der Waals surface area contributed by atoms with Gasteiger partial charge in [-0.3, -0.25) is 10.6 Å². The summed E-state index contributed by atoms with van der Waals surface area (Å²) >= 11 is 0. The standard InChI is InChI=1S/C31H35N3O4/c1-18-14-25-21(16-23(18)33-28(35)37-30(3,4)5)27(20-12-10-9-11-13-20)22-17-24(19(2)15-26(22)32-25)34-29(36)38-31(6,7)8/h9-17H,1-8H3,(H,33,35)(H,34,36). The molecule has 4 aromatic rings. The van der Waals surface area contributed by atoms with Crippen molar-refractivity contribution in [1.29, 1.82) is 0 Å². The minimum absolute atomic E-state index is 0.519. The number of carbonyl (C=O) groups is 2. The fourth-order valence-electron chi connectivity index (χ4n) is 4.26. The molecular formula is C31H35N3O4. The fraction of sp³-hybridized carbons (Fsp3) is 0.323. The molecule has 0 aliphatic rings. The third-order valence-corrected chi connectivity index (χ3v) is 5.80. The highest BCUT2D eigenvalue weighted by molar-refractivity contribution is 6.12. The number of amides is 2. The number of nitrogens with one attached hydrogen (secondary N) is 2. The van der Waals surface area contributed by atoms with E-state index in [2.05, 4.69) is 10.6 Å². The summed E-state index contributed by atoms with van der Waals surface area (Å²) < 4.78 is 11.0. The zero-order valence-corrected chi connectivity index (χ0v) is 23.3. The van der Waals surface area contributed by atoms with E-state index in [0.29, 0.717) is 11.4 Å². The van der Waals surface area contributed by atoms with Crippen LogP contribution >= 0.6 is 0 Å². The summed E-state index contributed by atoms with van der Waals surface area (Å²) in [6.45, 7) is 14.8. The number of carbonyl (C=O) groups excluding carboxylic acids is 2. The van der Waals surface area contributed by atoms with Gasteiger partial charge in [0, 0.05) is 27.7 Å². The molecule has 0 aliphatic carbocycles. The van der Waals surface area contributed by atoms with Crippen LogP contribution in [-0.4, -0.2) is 28.4 Å². The van der Waals surface area contributed by atoms with Crippen LogP contribution in [0.5, 0.6) is 0 Å². The lowest BCUT2D eigenvalue weighted by Crippen LogP contribution is -2.27. The summed E-state index contributed by atoms with van der Waals surface area (Å²) in [5, 5.41) is 7.52. The second-order valence-corrected chi connectivity index (χ2v) is 11.5. The van der Waals surface area contributed by atoms with Crippen molar-refractivity contribution in [1.82, 2.24) is 4.98 Å². The molecule has 7 nitrogen and oxygen atoms in total. The first kappa shape index (κ1) is 26.9. The van der Waals surface area contributed by atoms with E-state index in [0.717, 1.165) is 44.1 Å². The molecule has 4 rings (SSSR count). The van der Waals surface area contributed by atoms with E-state index in [1.165, 1.54) is 0 Å². The minimum atomic E-state index is -0.614. The van der Waals surface area contributed by atoms with E-state index in [1.807, 2.05) is 110 Å². The molecular weight excluding hydrogens is 478 g/mol. The third-order valence-electron chi connectivity index (χ3n) is 5.80. The summed E-state index contributed by atoms with van der Waals surface area (Å²) in [4.78, 5) is 30.1. The first-order valence-corrected chi connectivity index (χ1v) is 12.6. The van der Waals surface area contributed by atoms with E-state index >= 15 is 0 Å². The van der Waals surface area contributed by atoms with Crippen LogP contribution in [0.25, 0.3) is 32.9 Å². The van der Waals surface area contributed by atoms with Crippen LogP contribution in [0.4, 0.5) is 21.0 Å². The van der Waals surface area contributed by atoms with Gasteiger partial charge in [0.05, 0.1) is 11.0 Å². The van der Waals surface area contributed by atoms with Crippen molar-refractivity contribution >= 4 is 45.4 Å². The zero-order valence-electron chi connectivity index (χ0n) is 23.3. The maximum Gasteiger partial charge on any atom is 0.412 e. The van der Waals surface area contributed by atoms with Gasteiger partial charge in [0.15, 0.2) is 0 Å². The van der Waals surface area contributed by atoms with E-state index in [-0.39, 0.29) is 0 Å². The molecule has 0 fully saturated rings. The molecule has 2 N–H and O–H groups in total. The number of hydrogen-bond acceptors (Lipinski definition) is 5. The molecule has 7 heteroatoms. The Morgan fingerprint density at radius 2 is 1.11 bits per heavy atom. The summed E-state index contributed by atoms with van der Waals surface area (Å²) in [6.07, 6.45) is -1.04. The number of nitrogens with zero attached hydrogens (tertiary/aromatic N) is 1. The fourth-order valence-corrected chi connectivity index (χ4v) is 4.26. The number of anilines is 2. The van der Waals surface area contributed by atoms with Crippen molar-refractivity contribution in [3.63, 3.8) is 0 Å². The predicted molar refractivity (Wildman–Crippen MR) is 154 cm³/mol. The Balaban J connectivity index is 1.92. The second-order valence-electron chi connectivity index (χ2n) is 11.5. The highest BCUT2D eigenvalue weighted by Crippen LogP contribution is 2.39. The molecule has 0 aliphatic heterocycles. The van der Waals surface area contributed by atoms with Crippen LogP contribution in [0.2, 0.25) is 0 Å². The monoisotopic (exact) mass is 513 g/mol. The van der Waals surface area contributed by atoms with Gasteiger partial charge in [-0.25, -0.2) is 14.6 Å². The van der Waals surface area contributed by atoms with Gasteiger partial charge in [-0.05, 0) is 96.3 Å². The Kier molecular flexibility index (Phi) is 7.06. The second kappa shape index (κ2) is 9.97. The number of ether oxygens (including phenoxy) is 2. The largest absolute Gasteiger partial charge is 0.444 e. The minimum Gasteiger partial charge on any atom is -0.444 e. The Hall–Kier alpha value is -4.13. The number of benzene rings is 3. The maximum atomic E-state index is 12.6. The normalized spacial score (nSPS) is 11.9. The average Bonchev–Trinajstić information content (AvgIpc) is 2.77. The number of hydrogen-bond donors (Lipinski definition) is 2. The summed E-state index contributed by atoms with van der Waals surface area (Å²) in [5.41, 5.74) is 5.34. The van der Waals surface area contributed by atoms with Gasteiger partial charge in [-0.15, -0.1) is 0 Å². The lowest BCUT2D eigenvalue weighted by atomic mass is 9.94. The van der Waals surface area contributed by atoms with Crippen LogP contribution in [-0.2, 0) is 9.47 Å². The summed E-state index contributed by atoms with van der Waals surface area (Å²) in [7, 11) is 0. The molecule has 0 bridgehead atoms. The molecule has 0 saturated heterocycles. The van der Waals surface area contributed by atoms with E-state index in [4.69, 9.17) is 14.5 Å². The van der Waals surface area contributed by atoms with Crippen LogP contribution in [0, 0.1) is 13.8 Å². The summed E-state index contributed by atoms with van der Waals surface area (Å²) in [6, 6.07) is 17.8. The molecule has 0 spiro atoms. The van der Waals surface area contributed by atoms with Gasteiger partial charge < -0.3 is 9.47 Å². The van der Waals surface area contributed by atoms with Crippen molar-refractivity contribution in [2.45, 2.75) is 66.6 Å². The Morgan fingerprint density at radius 1 is 0.684 bits per heavy atom. The van der Waals surface area contributed by atoms with Crippen LogP contribution in [0.1, 0.15) is 52.7 Å². The molecule has 38 heavy (non-hydrogen) atoms. The van der Waals surface area contributed by atoms with Crippen molar-refractivity contribution in [3.8, 4) is 11.1 Å². The smallest absolute Gasteiger partial charge is 0.412 e. The van der Waals surface area contributed by atoms with Gasteiger partial charge >= 0.3 is 12.2 Å². The third kappa shape index (κ3) is 6.22. The van der Waals surface area contributed by atoms with E-state index in [9.17, 15) is 9.59 Å². The van der Waals surface area contributed by atoms with Crippen LogP contribution < -0.4 is 10.6 Å². The van der Waals surface area contributed by atoms with Crippen molar-refractivity contribution in [2.75, 3.05) is 10.6 Å². The summed E-state index contributed by atoms with van der Waals surface area (Å²) in [5.74, 6) is 0. The molecule has 3 aromatic carbocycles. The highest BCUT2D eigenvalue weighted by atomic mass is 16.6. The molecule has 1 heterocycles. The van der Waals surface area contributed by atoms with Crippen LogP contribution in [0.15, 0.2) is 54.6 Å². The van der Waals surface area contributed by atoms with Gasteiger partial charge in [0.2, 0.25) is 0 Å².